The predicted molar refractivity (Wildman–Crippen MR) is 111 cm³/mol. The summed E-state index contributed by atoms with van der Waals surface area (Å²) in [5.74, 6) is 0.612. The summed E-state index contributed by atoms with van der Waals surface area (Å²) >= 11 is 0. The highest BCUT2D eigenvalue weighted by Gasteiger charge is 2.50. The smallest absolute Gasteiger partial charge is 0.264 e. The molecule has 0 fully saturated rings. The third-order valence-corrected chi connectivity index (χ3v) is 5.12. The minimum atomic E-state index is -1.80. The monoisotopic (exact) mass is 397 g/mol. The van der Waals surface area contributed by atoms with Crippen LogP contribution in [0.25, 0.3) is 0 Å². The average Bonchev–Trinajstić information content (AvgIpc) is 2.86. The largest absolute Gasteiger partial charge is 0.493 e. The minimum Gasteiger partial charge on any atom is -0.493 e. The molecule has 1 heterocycles. The number of methoxy groups -OCH3 is 1. The van der Waals surface area contributed by atoms with Crippen LogP contribution in [-0.4, -0.2) is 37.1 Å². The topological polar surface area (TPSA) is 76.1 Å². The molecule has 0 spiro atoms. The summed E-state index contributed by atoms with van der Waals surface area (Å²) in [5, 5.41) is 11.1. The molecule has 1 aliphatic rings. The fourth-order valence-corrected chi connectivity index (χ4v) is 3.96. The fourth-order valence-electron chi connectivity index (χ4n) is 3.96. The van der Waals surface area contributed by atoms with Crippen LogP contribution in [-0.2, 0) is 15.2 Å². The first-order chi connectivity index (χ1) is 13.8. The Morgan fingerprint density at radius 2 is 1.86 bits per heavy atom. The molecule has 1 aliphatic heterocycles. The van der Waals surface area contributed by atoms with Crippen LogP contribution in [0.2, 0.25) is 0 Å². The predicted octanol–water partition coefficient (Wildman–Crippen LogP) is 3.29. The van der Waals surface area contributed by atoms with Crippen molar-refractivity contribution in [1.29, 1.82) is 0 Å². The molecule has 0 radical (unpaired) electrons. The van der Waals surface area contributed by atoms with Gasteiger partial charge in [0.2, 0.25) is 0 Å². The summed E-state index contributed by atoms with van der Waals surface area (Å²) in [5.41, 5.74) is 1.25. The Morgan fingerprint density at radius 3 is 2.52 bits per heavy atom. The van der Waals surface area contributed by atoms with E-state index in [1.807, 2.05) is 44.2 Å². The minimum absolute atomic E-state index is 0.226. The number of rotatable bonds is 8. The fraction of sp³-hybridized carbons (Fsp3) is 0.391. The van der Waals surface area contributed by atoms with Crippen molar-refractivity contribution in [2.75, 3.05) is 25.2 Å². The molecule has 2 aromatic carbocycles. The Morgan fingerprint density at radius 1 is 1.17 bits per heavy atom. The van der Waals surface area contributed by atoms with Crippen LogP contribution < -0.4 is 14.4 Å². The van der Waals surface area contributed by atoms with Crippen molar-refractivity contribution in [2.24, 2.45) is 0 Å². The van der Waals surface area contributed by atoms with Crippen LogP contribution in [0.15, 0.2) is 36.4 Å². The van der Waals surface area contributed by atoms with Gasteiger partial charge in [-0.25, -0.2) is 0 Å². The number of aryl methyl sites for hydroxylation is 2. The van der Waals surface area contributed by atoms with Crippen molar-refractivity contribution in [1.82, 2.24) is 0 Å². The van der Waals surface area contributed by atoms with E-state index in [-0.39, 0.29) is 12.2 Å². The number of aliphatic hydroxyl groups is 1. The van der Waals surface area contributed by atoms with Crippen molar-refractivity contribution >= 4 is 17.4 Å². The molecule has 6 heteroatoms. The van der Waals surface area contributed by atoms with Gasteiger partial charge in [0, 0.05) is 18.5 Å². The Hall–Kier alpha value is -2.86. The molecular formula is C23H27NO5. The zero-order valence-corrected chi connectivity index (χ0v) is 17.3. The maximum Gasteiger partial charge on any atom is 0.264 e. The van der Waals surface area contributed by atoms with Crippen LogP contribution >= 0.6 is 0 Å². The number of amides is 1. The maximum atomic E-state index is 13.1. The number of fused-ring (bicyclic) bond motifs is 1. The number of benzene rings is 2. The number of Topliss-reactive ketones (excluding diaryl/α,β-unsaturated/α-hetero) is 1. The lowest BCUT2D eigenvalue weighted by atomic mass is 9.88. The average molecular weight is 397 g/mol. The van der Waals surface area contributed by atoms with Crippen LogP contribution in [0.4, 0.5) is 5.69 Å². The van der Waals surface area contributed by atoms with Gasteiger partial charge in [0.1, 0.15) is 5.78 Å². The van der Waals surface area contributed by atoms with Crippen LogP contribution in [0.3, 0.4) is 0 Å². The van der Waals surface area contributed by atoms with Gasteiger partial charge in [-0.05, 0) is 44.9 Å². The normalized spacial score (nSPS) is 18.0. The zero-order chi connectivity index (χ0) is 21.2. The second kappa shape index (κ2) is 8.25. The molecule has 1 atom stereocenters. The van der Waals surface area contributed by atoms with E-state index in [0.29, 0.717) is 42.3 Å². The summed E-state index contributed by atoms with van der Waals surface area (Å²) in [6.07, 6.45) is 0.336. The standard InChI is InChI=1S/C23H27NO5/c1-15-12-16(2)21-18(13-15)23(27,14-17(3)25)22(26)24(21)10-7-11-29-20-9-6-5-8-19(20)28-4/h5-6,8-9,12-13,27H,7,10-11,14H2,1-4H3. The second-order valence-corrected chi connectivity index (χ2v) is 7.53. The molecule has 0 saturated heterocycles. The van der Waals surface area contributed by atoms with Gasteiger partial charge in [-0.15, -0.1) is 0 Å². The summed E-state index contributed by atoms with van der Waals surface area (Å²) < 4.78 is 11.1. The second-order valence-electron chi connectivity index (χ2n) is 7.53. The number of hydrogen-bond acceptors (Lipinski definition) is 5. The van der Waals surface area contributed by atoms with E-state index in [0.717, 1.165) is 11.1 Å². The summed E-state index contributed by atoms with van der Waals surface area (Å²) in [6.45, 7) is 5.98. The number of ketones is 1. The van der Waals surface area contributed by atoms with Crippen molar-refractivity contribution in [3.63, 3.8) is 0 Å². The Balaban J connectivity index is 1.78. The lowest BCUT2D eigenvalue weighted by Crippen LogP contribution is -2.42. The SMILES string of the molecule is COc1ccccc1OCCCN1C(=O)C(O)(CC(C)=O)c2cc(C)cc(C)c21. The van der Waals surface area contributed by atoms with Crippen molar-refractivity contribution in [2.45, 2.75) is 39.2 Å². The highest BCUT2D eigenvalue weighted by Crippen LogP contribution is 2.45. The lowest BCUT2D eigenvalue weighted by molar-refractivity contribution is -0.141. The maximum absolute atomic E-state index is 13.1. The van der Waals surface area contributed by atoms with Crippen molar-refractivity contribution < 1.29 is 24.2 Å². The molecule has 6 nitrogen and oxygen atoms in total. The molecule has 0 bridgehead atoms. The van der Waals surface area contributed by atoms with Crippen LogP contribution in [0, 0.1) is 13.8 Å². The number of nitrogens with zero attached hydrogens (tertiary/aromatic N) is 1. The molecule has 154 valence electrons. The van der Waals surface area contributed by atoms with Gasteiger partial charge in [0.05, 0.1) is 19.4 Å². The van der Waals surface area contributed by atoms with E-state index in [2.05, 4.69) is 0 Å². The molecule has 29 heavy (non-hydrogen) atoms. The van der Waals surface area contributed by atoms with Crippen LogP contribution in [0.5, 0.6) is 11.5 Å². The quantitative estimate of drug-likeness (QED) is 0.692. The Labute approximate surface area is 171 Å². The molecule has 1 amide bonds. The first-order valence-corrected chi connectivity index (χ1v) is 9.69. The number of hydrogen-bond donors (Lipinski definition) is 1. The van der Waals surface area contributed by atoms with Gasteiger partial charge in [-0.3, -0.25) is 9.59 Å². The van der Waals surface area contributed by atoms with Gasteiger partial charge in [0.25, 0.3) is 5.91 Å². The van der Waals surface area contributed by atoms with Crippen LogP contribution in [0.1, 0.15) is 36.5 Å². The number of ether oxygens (including phenoxy) is 2. The number of anilines is 1. The highest BCUT2D eigenvalue weighted by atomic mass is 16.5. The zero-order valence-electron chi connectivity index (χ0n) is 17.3. The first kappa shape index (κ1) is 20.9. The number of carbonyl (C=O) groups excluding carboxylic acids is 2. The summed E-state index contributed by atoms with van der Waals surface area (Å²) in [7, 11) is 1.59. The highest BCUT2D eigenvalue weighted by molar-refractivity contribution is 6.09. The molecule has 0 saturated carbocycles. The lowest BCUT2D eigenvalue weighted by Gasteiger charge is -2.22. The number of para-hydroxylation sites is 2. The molecule has 1 unspecified atom stereocenters. The third kappa shape index (κ3) is 3.98. The van der Waals surface area contributed by atoms with Gasteiger partial charge in [-0.1, -0.05) is 29.8 Å². The van der Waals surface area contributed by atoms with Crippen molar-refractivity contribution in [3.8, 4) is 11.5 Å². The van der Waals surface area contributed by atoms with E-state index >= 15 is 0 Å². The Bertz CT molecular complexity index is 939. The van der Waals surface area contributed by atoms with Crippen molar-refractivity contribution in [3.05, 3.63) is 53.1 Å². The van der Waals surface area contributed by atoms with Gasteiger partial charge < -0.3 is 19.5 Å². The van der Waals surface area contributed by atoms with Gasteiger partial charge in [0.15, 0.2) is 17.1 Å². The van der Waals surface area contributed by atoms with E-state index in [9.17, 15) is 14.7 Å². The molecule has 0 aliphatic carbocycles. The summed E-state index contributed by atoms with van der Waals surface area (Å²) in [4.78, 5) is 26.4. The molecule has 0 aromatic heterocycles. The third-order valence-electron chi connectivity index (χ3n) is 5.12. The van der Waals surface area contributed by atoms with E-state index in [4.69, 9.17) is 9.47 Å². The molecule has 2 aromatic rings. The number of carbonyl (C=O) groups is 2. The first-order valence-electron chi connectivity index (χ1n) is 9.69. The molecule has 3 rings (SSSR count). The summed E-state index contributed by atoms with van der Waals surface area (Å²) in [6, 6.07) is 11.2. The van der Waals surface area contributed by atoms with E-state index in [1.165, 1.54) is 6.92 Å². The van der Waals surface area contributed by atoms with Gasteiger partial charge >= 0.3 is 0 Å². The Kier molecular flexibility index (Phi) is 5.94. The van der Waals surface area contributed by atoms with E-state index in [1.54, 1.807) is 18.1 Å². The molecule has 1 N–H and O–H groups in total. The van der Waals surface area contributed by atoms with Gasteiger partial charge in [-0.2, -0.15) is 0 Å². The molecular weight excluding hydrogens is 370 g/mol. The van der Waals surface area contributed by atoms with E-state index < -0.39 is 11.5 Å².